The number of anilines is 1. The third-order valence-corrected chi connectivity index (χ3v) is 6.54. The van der Waals surface area contributed by atoms with E-state index in [1.54, 1.807) is 30.2 Å². The molecule has 2 fully saturated rings. The molecule has 0 radical (unpaired) electrons. The van der Waals surface area contributed by atoms with E-state index in [4.69, 9.17) is 10.00 Å². The Hall–Kier alpha value is -3.04. The van der Waals surface area contributed by atoms with Gasteiger partial charge in [0.25, 0.3) is 0 Å². The van der Waals surface area contributed by atoms with Crippen LogP contribution in [0.2, 0.25) is 0 Å². The van der Waals surface area contributed by atoms with Gasteiger partial charge in [-0.1, -0.05) is 30.3 Å². The summed E-state index contributed by atoms with van der Waals surface area (Å²) in [7, 11) is 3.58. The van der Waals surface area contributed by atoms with Gasteiger partial charge in [-0.2, -0.15) is 5.26 Å². The quantitative estimate of drug-likeness (QED) is 0.837. The number of hydrogen-bond donors (Lipinski definition) is 2. The van der Waals surface area contributed by atoms with Crippen LogP contribution in [0.25, 0.3) is 0 Å². The molecule has 0 unspecified atom stereocenters. The minimum Gasteiger partial charge on any atom is -0.495 e. The van der Waals surface area contributed by atoms with Crippen LogP contribution in [0, 0.1) is 11.3 Å². The first-order valence-electron chi connectivity index (χ1n) is 9.97. The molecular weight excluding hydrogens is 364 g/mol. The molecule has 4 rings (SSSR count). The SMILES string of the molecule is CNC1(c2ccccc2)CCC2(CC1)CN(c1ccc(C#N)cc1OC)C(=O)N2. The van der Waals surface area contributed by atoms with E-state index in [1.165, 1.54) is 5.56 Å². The minimum atomic E-state index is -0.245. The van der Waals surface area contributed by atoms with Crippen molar-refractivity contribution in [3.8, 4) is 11.8 Å². The average molecular weight is 390 g/mol. The Morgan fingerprint density at radius 1 is 1.14 bits per heavy atom. The summed E-state index contributed by atoms with van der Waals surface area (Å²) >= 11 is 0. The normalized spacial score (nSPS) is 26.2. The molecule has 0 bridgehead atoms. The van der Waals surface area contributed by atoms with Crippen molar-refractivity contribution in [3.05, 3.63) is 59.7 Å². The van der Waals surface area contributed by atoms with Gasteiger partial charge in [0.05, 0.1) is 36.5 Å². The molecule has 6 nitrogen and oxygen atoms in total. The monoisotopic (exact) mass is 390 g/mol. The standard InChI is InChI=1S/C23H26N4O2/c1-25-23(18-6-4-3-5-7-18)12-10-22(11-13-23)16-27(21(28)26-22)19-9-8-17(15-24)14-20(19)29-2/h3-9,14,25H,10-13,16H2,1-2H3,(H,26,28). The van der Waals surface area contributed by atoms with Crippen LogP contribution in [0.15, 0.2) is 48.5 Å². The zero-order chi connectivity index (χ0) is 20.5. The lowest BCUT2D eigenvalue weighted by molar-refractivity contribution is 0.167. The largest absolute Gasteiger partial charge is 0.495 e. The Balaban J connectivity index is 1.55. The molecule has 1 aliphatic carbocycles. The summed E-state index contributed by atoms with van der Waals surface area (Å²) in [5, 5.41) is 15.9. The Morgan fingerprint density at radius 2 is 1.86 bits per heavy atom. The highest BCUT2D eigenvalue weighted by molar-refractivity contribution is 5.97. The molecule has 2 aromatic carbocycles. The number of methoxy groups -OCH3 is 1. The maximum absolute atomic E-state index is 12.9. The van der Waals surface area contributed by atoms with Crippen LogP contribution >= 0.6 is 0 Å². The van der Waals surface area contributed by atoms with Gasteiger partial charge in [0, 0.05) is 11.6 Å². The number of nitrogens with zero attached hydrogens (tertiary/aromatic N) is 2. The predicted octanol–water partition coefficient (Wildman–Crippen LogP) is 3.52. The highest BCUT2D eigenvalue weighted by atomic mass is 16.5. The number of rotatable bonds is 4. The van der Waals surface area contributed by atoms with Crippen molar-refractivity contribution in [2.24, 2.45) is 0 Å². The lowest BCUT2D eigenvalue weighted by Gasteiger charge is -2.45. The smallest absolute Gasteiger partial charge is 0.322 e. The Bertz CT molecular complexity index is 943. The molecule has 1 heterocycles. The molecule has 2 aromatic rings. The van der Waals surface area contributed by atoms with Gasteiger partial charge in [0.15, 0.2) is 0 Å². The second kappa shape index (κ2) is 7.41. The summed E-state index contributed by atoms with van der Waals surface area (Å²) in [5.74, 6) is 0.543. The third kappa shape index (κ3) is 3.32. The fraction of sp³-hybridized carbons (Fsp3) is 0.391. The topological polar surface area (TPSA) is 77.4 Å². The number of carbonyl (C=O) groups excluding carboxylic acids is 1. The highest BCUT2D eigenvalue weighted by Gasteiger charge is 2.49. The van der Waals surface area contributed by atoms with E-state index in [2.05, 4.69) is 41.0 Å². The van der Waals surface area contributed by atoms with Crippen LogP contribution in [0.1, 0.15) is 36.8 Å². The molecule has 1 saturated carbocycles. The van der Waals surface area contributed by atoms with Crippen molar-refractivity contribution in [1.82, 2.24) is 10.6 Å². The van der Waals surface area contributed by atoms with E-state index in [0.29, 0.717) is 23.5 Å². The molecule has 0 atom stereocenters. The third-order valence-electron chi connectivity index (χ3n) is 6.54. The van der Waals surface area contributed by atoms with Crippen LogP contribution in [-0.4, -0.2) is 32.3 Å². The Labute approximate surface area is 171 Å². The van der Waals surface area contributed by atoms with Crippen LogP contribution in [0.3, 0.4) is 0 Å². The lowest BCUT2D eigenvalue weighted by Crippen LogP contribution is -2.53. The molecule has 1 aliphatic heterocycles. The molecule has 2 amide bonds. The molecule has 29 heavy (non-hydrogen) atoms. The summed E-state index contributed by atoms with van der Waals surface area (Å²) in [6.45, 7) is 0.600. The van der Waals surface area contributed by atoms with Gasteiger partial charge in [-0.3, -0.25) is 4.90 Å². The van der Waals surface area contributed by atoms with Gasteiger partial charge in [-0.05, 0) is 50.4 Å². The van der Waals surface area contributed by atoms with Gasteiger partial charge < -0.3 is 15.4 Å². The van der Waals surface area contributed by atoms with E-state index < -0.39 is 0 Å². The molecule has 150 valence electrons. The van der Waals surface area contributed by atoms with Crippen molar-refractivity contribution in [1.29, 1.82) is 5.26 Å². The van der Waals surface area contributed by atoms with E-state index in [-0.39, 0.29) is 17.1 Å². The predicted molar refractivity (Wildman–Crippen MR) is 112 cm³/mol. The van der Waals surface area contributed by atoms with Crippen LogP contribution in [-0.2, 0) is 5.54 Å². The van der Waals surface area contributed by atoms with Crippen LogP contribution < -0.4 is 20.3 Å². The van der Waals surface area contributed by atoms with Crippen LogP contribution in [0.4, 0.5) is 10.5 Å². The van der Waals surface area contributed by atoms with Crippen LogP contribution in [0.5, 0.6) is 5.75 Å². The number of nitrogens with one attached hydrogen (secondary N) is 2. The summed E-state index contributed by atoms with van der Waals surface area (Å²) in [5.41, 5.74) is 2.21. The fourth-order valence-electron chi connectivity index (χ4n) is 4.75. The average Bonchev–Trinajstić information content (AvgIpc) is 3.10. The molecular formula is C23H26N4O2. The molecule has 1 spiro atoms. The summed E-state index contributed by atoms with van der Waals surface area (Å²) in [4.78, 5) is 14.6. The number of amides is 2. The molecule has 0 aromatic heterocycles. The van der Waals surface area contributed by atoms with Crippen molar-refractivity contribution in [2.75, 3.05) is 25.6 Å². The van der Waals surface area contributed by atoms with Gasteiger partial charge >= 0.3 is 6.03 Å². The van der Waals surface area contributed by atoms with Gasteiger partial charge in [-0.15, -0.1) is 0 Å². The van der Waals surface area contributed by atoms with E-state index in [1.807, 2.05) is 13.1 Å². The fourth-order valence-corrected chi connectivity index (χ4v) is 4.75. The Morgan fingerprint density at radius 3 is 2.48 bits per heavy atom. The number of ether oxygens (including phenoxy) is 1. The number of nitriles is 1. The molecule has 6 heteroatoms. The first-order chi connectivity index (χ1) is 14.0. The lowest BCUT2D eigenvalue weighted by atomic mass is 9.69. The Kier molecular flexibility index (Phi) is 4.93. The van der Waals surface area contributed by atoms with Gasteiger partial charge in [0.2, 0.25) is 0 Å². The zero-order valence-corrected chi connectivity index (χ0v) is 16.9. The zero-order valence-electron chi connectivity index (χ0n) is 16.9. The van der Waals surface area contributed by atoms with Crippen molar-refractivity contribution < 1.29 is 9.53 Å². The number of benzene rings is 2. The number of hydrogen-bond acceptors (Lipinski definition) is 4. The van der Waals surface area contributed by atoms with E-state index in [0.717, 1.165) is 25.7 Å². The molecule has 2 N–H and O–H groups in total. The highest BCUT2D eigenvalue weighted by Crippen LogP contribution is 2.44. The van der Waals surface area contributed by atoms with Gasteiger partial charge in [-0.25, -0.2) is 4.79 Å². The number of carbonyl (C=O) groups is 1. The summed E-state index contributed by atoms with van der Waals surface area (Å²) in [6, 6.07) is 17.7. The molecule has 1 saturated heterocycles. The first kappa shape index (κ1) is 19.3. The van der Waals surface area contributed by atoms with Crippen molar-refractivity contribution >= 4 is 11.7 Å². The van der Waals surface area contributed by atoms with Gasteiger partial charge in [0.1, 0.15) is 5.75 Å². The molecule has 2 aliphatic rings. The first-order valence-corrected chi connectivity index (χ1v) is 9.97. The second-order valence-electron chi connectivity index (χ2n) is 7.99. The van der Waals surface area contributed by atoms with E-state index >= 15 is 0 Å². The van der Waals surface area contributed by atoms with Crippen molar-refractivity contribution in [2.45, 2.75) is 36.8 Å². The maximum atomic E-state index is 12.9. The van der Waals surface area contributed by atoms with E-state index in [9.17, 15) is 4.79 Å². The van der Waals surface area contributed by atoms with Crippen molar-refractivity contribution in [3.63, 3.8) is 0 Å². The minimum absolute atomic E-state index is 0.0587. The second-order valence-corrected chi connectivity index (χ2v) is 7.99. The summed E-state index contributed by atoms with van der Waals surface area (Å²) in [6.07, 6.45) is 3.69. The summed E-state index contributed by atoms with van der Waals surface area (Å²) < 4.78 is 5.45. The number of urea groups is 1. The maximum Gasteiger partial charge on any atom is 0.322 e.